The molecule has 1 unspecified atom stereocenters. The number of carboxylic acid groups (broad SMARTS) is 1. The van der Waals surface area contributed by atoms with Gasteiger partial charge in [0.25, 0.3) is 0 Å². The van der Waals surface area contributed by atoms with Crippen molar-refractivity contribution in [3.63, 3.8) is 0 Å². The average Bonchev–Trinajstić information content (AvgIpc) is 2.65. The van der Waals surface area contributed by atoms with E-state index in [4.69, 9.17) is 5.11 Å². The summed E-state index contributed by atoms with van der Waals surface area (Å²) in [6, 6.07) is 0. The molecule has 0 spiro atoms. The number of rotatable bonds is 5. The molecular weight excluding hydrogens is 216 g/mol. The molecule has 1 heterocycles. The summed E-state index contributed by atoms with van der Waals surface area (Å²) in [5.41, 5.74) is 0. The van der Waals surface area contributed by atoms with Crippen LogP contribution in [0, 0.1) is 0 Å². The first-order valence-electron chi connectivity index (χ1n) is 4.80. The third kappa shape index (κ3) is 3.95. The summed E-state index contributed by atoms with van der Waals surface area (Å²) in [4.78, 5) is 22.1. The zero-order chi connectivity index (χ0) is 11.3. The second kappa shape index (κ2) is 5.80. The van der Waals surface area contributed by atoms with Gasteiger partial charge < -0.3 is 9.84 Å². The zero-order valence-electron chi connectivity index (χ0n) is 8.56. The first kappa shape index (κ1) is 12.1. The quantitative estimate of drug-likeness (QED) is 0.730. The predicted molar refractivity (Wildman–Crippen MR) is 57.6 cm³/mol. The highest BCUT2D eigenvalue weighted by Gasteiger charge is 2.22. The Morgan fingerprint density at radius 1 is 1.67 bits per heavy atom. The molecule has 0 bridgehead atoms. The maximum absolute atomic E-state index is 11.1. The van der Waals surface area contributed by atoms with Crippen LogP contribution in [0.1, 0.15) is 25.7 Å². The van der Waals surface area contributed by atoms with Crippen molar-refractivity contribution in [2.75, 3.05) is 7.11 Å². The van der Waals surface area contributed by atoms with Crippen molar-refractivity contribution < 1.29 is 19.4 Å². The molecule has 0 aromatic heterocycles. The van der Waals surface area contributed by atoms with Crippen molar-refractivity contribution in [1.29, 1.82) is 0 Å². The molecular formula is C10H14O4S. The molecule has 1 aliphatic heterocycles. The number of aliphatic carboxylic acids is 1. The van der Waals surface area contributed by atoms with Crippen LogP contribution in [0.15, 0.2) is 11.0 Å². The van der Waals surface area contributed by atoms with Crippen molar-refractivity contribution in [2.45, 2.75) is 30.9 Å². The van der Waals surface area contributed by atoms with E-state index in [1.54, 1.807) is 0 Å². The Morgan fingerprint density at radius 2 is 2.40 bits per heavy atom. The average molecular weight is 230 g/mol. The molecule has 0 aromatic carbocycles. The monoisotopic (exact) mass is 230 g/mol. The Hall–Kier alpha value is -0.970. The van der Waals surface area contributed by atoms with Crippen molar-refractivity contribution >= 4 is 23.7 Å². The topological polar surface area (TPSA) is 63.6 Å². The standard InChI is InChI=1S/C10H14O4S/c1-14-10(13)8-6-5-7(15-8)3-2-4-9(11)12/h6-7H,2-5H2,1H3,(H,11,12). The minimum Gasteiger partial charge on any atom is -0.481 e. The van der Waals surface area contributed by atoms with E-state index in [-0.39, 0.29) is 12.4 Å². The Labute approximate surface area is 92.7 Å². The van der Waals surface area contributed by atoms with Gasteiger partial charge in [-0.05, 0) is 19.3 Å². The fourth-order valence-corrected chi connectivity index (χ4v) is 2.61. The number of carbonyl (C=O) groups excluding carboxylic acids is 1. The first-order valence-corrected chi connectivity index (χ1v) is 5.68. The van der Waals surface area contributed by atoms with Crippen molar-refractivity contribution in [3.05, 3.63) is 11.0 Å². The van der Waals surface area contributed by atoms with Crippen LogP contribution < -0.4 is 0 Å². The molecule has 5 heteroatoms. The Morgan fingerprint density at radius 3 is 3.00 bits per heavy atom. The molecule has 1 rings (SSSR count). The fourth-order valence-electron chi connectivity index (χ4n) is 1.40. The molecule has 1 atom stereocenters. The Bertz CT molecular complexity index is 285. The van der Waals surface area contributed by atoms with Gasteiger partial charge in [-0.2, -0.15) is 0 Å². The number of allylic oxidation sites excluding steroid dienone is 1. The van der Waals surface area contributed by atoms with E-state index in [9.17, 15) is 9.59 Å². The van der Waals surface area contributed by atoms with Gasteiger partial charge in [0.15, 0.2) is 0 Å². The van der Waals surface area contributed by atoms with E-state index in [2.05, 4.69) is 4.74 Å². The van der Waals surface area contributed by atoms with Gasteiger partial charge in [-0.15, -0.1) is 11.8 Å². The van der Waals surface area contributed by atoms with Gasteiger partial charge in [-0.3, -0.25) is 4.79 Å². The van der Waals surface area contributed by atoms with Gasteiger partial charge >= 0.3 is 11.9 Å². The highest BCUT2D eigenvalue weighted by atomic mass is 32.2. The van der Waals surface area contributed by atoms with Crippen molar-refractivity contribution in [2.24, 2.45) is 0 Å². The van der Waals surface area contributed by atoms with E-state index in [0.29, 0.717) is 16.6 Å². The predicted octanol–water partition coefficient (Wildman–Crippen LogP) is 1.80. The summed E-state index contributed by atoms with van der Waals surface area (Å²) in [5, 5.41) is 8.80. The number of thioether (sulfide) groups is 1. The molecule has 1 N–H and O–H groups in total. The summed E-state index contributed by atoms with van der Waals surface area (Å²) >= 11 is 1.49. The SMILES string of the molecule is COC(=O)C1=CCC(CCCC(=O)O)S1. The lowest BCUT2D eigenvalue weighted by Gasteiger charge is -2.07. The zero-order valence-corrected chi connectivity index (χ0v) is 9.38. The maximum Gasteiger partial charge on any atom is 0.344 e. The first-order chi connectivity index (χ1) is 7.13. The normalized spacial score (nSPS) is 19.8. The smallest absolute Gasteiger partial charge is 0.344 e. The second-order valence-electron chi connectivity index (χ2n) is 3.32. The minimum atomic E-state index is -0.765. The molecule has 1 aliphatic rings. The van der Waals surface area contributed by atoms with Gasteiger partial charge in [0.1, 0.15) is 0 Å². The maximum atomic E-state index is 11.1. The molecule has 84 valence electrons. The van der Waals surface area contributed by atoms with Crippen molar-refractivity contribution in [3.8, 4) is 0 Å². The van der Waals surface area contributed by atoms with Gasteiger partial charge in [0.05, 0.1) is 12.0 Å². The molecule has 0 amide bonds. The van der Waals surface area contributed by atoms with Gasteiger partial charge in [-0.1, -0.05) is 6.08 Å². The van der Waals surface area contributed by atoms with Gasteiger partial charge in [-0.25, -0.2) is 4.79 Å². The highest BCUT2D eigenvalue weighted by Crippen LogP contribution is 2.35. The Balaban J connectivity index is 2.22. The van der Waals surface area contributed by atoms with E-state index in [0.717, 1.165) is 12.8 Å². The van der Waals surface area contributed by atoms with Crippen LogP contribution >= 0.6 is 11.8 Å². The third-order valence-electron chi connectivity index (χ3n) is 2.16. The van der Waals surface area contributed by atoms with E-state index in [1.807, 2.05) is 6.08 Å². The van der Waals surface area contributed by atoms with Gasteiger partial charge in [0.2, 0.25) is 0 Å². The summed E-state index contributed by atoms with van der Waals surface area (Å²) in [6.45, 7) is 0. The fraction of sp³-hybridized carbons (Fsp3) is 0.600. The number of hydrogen-bond donors (Lipinski definition) is 1. The van der Waals surface area contributed by atoms with E-state index >= 15 is 0 Å². The van der Waals surface area contributed by atoms with Crippen LogP contribution in [0.2, 0.25) is 0 Å². The number of carboxylic acids is 1. The largest absolute Gasteiger partial charge is 0.481 e. The number of carbonyl (C=O) groups is 2. The molecule has 15 heavy (non-hydrogen) atoms. The van der Waals surface area contributed by atoms with Crippen LogP contribution in [0.5, 0.6) is 0 Å². The molecule has 0 fully saturated rings. The number of methoxy groups -OCH3 is 1. The van der Waals surface area contributed by atoms with E-state index < -0.39 is 5.97 Å². The summed E-state index contributed by atoms with van der Waals surface area (Å²) < 4.78 is 4.60. The molecule has 4 nitrogen and oxygen atoms in total. The van der Waals surface area contributed by atoms with Crippen LogP contribution in [0.25, 0.3) is 0 Å². The lowest BCUT2D eigenvalue weighted by molar-refractivity contribution is -0.137. The van der Waals surface area contributed by atoms with Crippen LogP contribution in [0.4, 0.5) is 0 Å². The van der Waals surface area contributed by atoms with Crippen LogP contribution in [-0.2, 0) is 14.3 Å². The van der Waals surface area contributed by atoms with Crippen LogP contribution in [0.3, 0.4) is 0 Å². The number of ether oxygens (including phenoxy) is 1. The third-order valence-corrected chi connectivity index (χ3v) is 3.51. The molecule has 0 radical (unpaired) electrons. The van der Waals surface area contributed by atoms with Crippen molar-refractivity contribution in [1.82, 2.24) is 0 Å². The van der Waals surface area contributed by atoms with Crippen LogP contribution in [-0.4, -0.2) is 29.4 Å². The molecule has 0 saturated carbocycles. The molecule has 0 aliphatic carbocycles. The minimum absolute atomic E-state index is 0.199. The summed E-state index contributed by atoms with van der Waals surface area (Å²) in [7, 11) is 1.36. The summed E-state index contributed by atoms with van der Waals surface area (Å²) in [5.74, 6) is -1.06. The summed E-state index contributed by atoms with van der Waals surface area (Å²) in [6.07, 6.45) is 4.38. The number of esters is 1. The lowest BCUT2D eigenvalue weighted by atomic mass is 10.1. The molecule has 0 aromatic rings. The lowest BCUT2D eigenvalue weighted by Crippen LogP contribution is -2.03. The number of hydrogen-bond acceptors (Lipinski definition) is 4. The molecule has 0 saturated heterocycles. The second-order valence-corrected chi connectivity index (χ2v) is 4.66. The highest BCUT2D eigenvalue weighted by molar-refractivity contribution is 8.04. The van der Waals surface area contributed by atoms with Gasteiger partial charge in [0, 0.05) is 11.7 Å². The van der Waals surface area contributed by atoms with E-state index in [1.165, 1.54) is 18.9 Å². The Kier molecular flexibility index (Phi) is 4.68.